The van der Waals surface area contributed by atoms with Gasteiger partial charge in [0.1, 0.15) is 0 Å². The highest BCUT2D eigenvalue weighted by atomic mass is 16.5. The number of carbonyl (C=O) groups is 2. The summed E-state index contributed by atoms with van der Waals surface area (Å²) >= 11 is 0. The molecule has 0 saturated carbocycles. The smallest absolute Gasteiger partial charge is 0.337 e. The fourth-order valence-corrected chi connectivity index (χ4v) is 1.83. The Morgan fingerprint density at radius 1 is 1.56 bits per heavy atom. The fraction of sp³-hybridized carbons (Fsp3) is 0.818. The molecule has 18 heavy (non-hydrogen) atoms. The van der Waals surface area contributed by atoms with Gasteiger partial charge in [-0.05, 0) is 20.3 Å². The molecule has 0 aromatic carbocycles. The highest BCUT2D eigenvalue weighted by molar-refractivity contribution is 5.79. The Morgan fingerprint density at radius 3 is 2.61 bits per heavy atom. The summed E-state index contributed by atoms with van der Waals surface area (Å²) in [5, 5.41) is 20.6. The van der Waals surface area contributed by atoms with E-state index in [4.69, 9.17) is 9.84 Å². The van der Waals surface area contributed by atoms with E-state index in [1.807, 2.05) is 6.92 Å². The zero-order valence-corrected chi connectivity index (χ0v) is 10.8. The Kier molecular flexibility index (Phi) is 4.53. The maximum absolute atomic E-state index is 11.8. The molecular formula is C11H20N2O5. The van der Waals surface area contributed by atoms with Gasteiger partial charge in [0.2, 0.25) is 0 Å². The molecular weight excluding hydrogens is 240 g/mol. The van der Waals surface area contributed by atoms with Gasteiger partial charge in [-0.25, -0.2) is 9.59 Å². The van der Waals surface area contributed by atoms with E-state index in [1.165, 1.54) is 4.90 Å². The summed E-state index contributed by atoms with van der Waals surface area (Å²) < 4.78 is 5.36. The first kappa shape index (κ1) is 14.7. The largest absolute Gasteiger partial charge is 0.479 e. The average Bonchev–Trinajstić information content (AvgIpc) is 2.71. The normalized spacial score (nSPS) is 26.4. The number of nitrogens with zero attached hydrogens (tertiary/aromatic N) is 1. The third-order valence-corrected chi connectivity index (χ3v) is 3.20. The molecule has 0 bridgehead atoms. The molecule has 1 rings (SSSR count). The predicted molar refractivity (Wildman–Crippen MR) is 63.2 cm³/mol. The average molecular weight is 260 g/mol. The van der Waals surface area contributed by atoms with Gasteiger partial charge in [-0.15, -0.1) is 0 Å². The number of carboxylic acid groups (broad SMARTS) is 1. The van der Waals surface area contributed by atoms with Gasteiger partial charge in [0.25, 0.3) is 0 Å². The number of ether oxygens (including phenoxy) is 1. The van der Waals surface area contributed by atoms with E-state index >= 15 is 0 Å². The molecule has 0 aliphatic carbocycles. The topological polar surface area (TPSA) is 99.1 Å². The molecule has 3 unspecified atom stereocenters. The second-order valence-electron chi connectivity index (χ2n) is 4.78. The van der Waals surface area contributed by atoms with E-state index < -0.39 is 17.6 Å². The van der Waals surface area contributed by atoms with Crippen LogP contribution in [0, 0.1) is 0 Å². The van der Waals surface area contributed by atoms with Crippen molar-refractivity contribution in [3.63, 3.8) is 0 Å². The summed E-state index contributed by atoms with van der Waals surface area (Å²) in [5.74, 6) is -1.37. The quantitative estimate of drug-likeness (QED) is 0.641. The van der Waals surface area contributed by atoms with Crippen molar-refractivity contribution < 1.29 is 24.5 Å². The molecule has 0 spiro atoms. The van der Waals surface area contributed by atoms with Crippen LogP contribution in [0.4, 0.5) is 4.79 Å². The third kappa shape index (κ3) is 3.33. The van der Waals surface area contributed by atoms with Crippen LogP contribution in [0.5, 0.6) is 0 Å². The molecule has 2 amide bonds. The minimum Gasteiger partial charge on any atom is -0.479 e. The molecule has 3 atom stereocenters. The number of carboxylic acids is 1. The van der Waals surface area contributed by atoms with E-state index in [0.29, 0.717) is 6.61 Å². The van der Waals surface area contributed by atoms with Crippen molar-refractivity contribution in [3.05, 3.63) is 0 Å². The van der Waals surface area contributed by atoms with Gasteiger partial charge in [0, 0.05) is 13.7 Å². The monoisotopic (exact) mass is 260 g/mol. The number of aliphatic hydroxyl groups is 1. The van der Waals surface area contributed by atoms with Crippen LogP contribution in [0.1, 0.15) is 20.3 Å². The van der Waals surface area contributed by atoms with Crippen LogP contribution in [-0.4, -0.2) is 65.1 Å². The van der Waals surface area contributed by atoms with E-state index in [0.717, 1.165) is 13.3 Å². The molecule has 104 valence electrons. The zero-order valence-electron chi connectivity index (χ0n) is 10.8. The number of aliphatic carboxylic acids is 1. The lowest BCUT2D eigenvalue weighted by Crippen LogP contribution is -2.52. The van der Waals surface area contributed by atoms with Gasteiger partial charge < -0.3 is 25.2 Å². The maximum atomic E-state index is 11.8. The number of hydrogen-bond donors (Lipinski definition) is 3. The fourth-order valence-electron chi connectivity index (χ4n) is 1.83. The van der Waals surface area contributed by atoms with Crippen LogP contribution in [0.25, 0.3) is 0 Å². The van der Waals surface area contributed by atoms with Crippen molar-refractivity contribution in [2.24, 2.45) is 0 Å². The number of likely N-dealkylation sites (N-methyl/N-ethyl adjacent to an activating group) is 1. The molecule has 7 nitrogen and oxygen atoms in total. The summed E-state index contributed by atoms with van der Waals surface area (Å²) in [6.07, 6.45) is 0.709. The summed E-state index contributed by atoms with van der Waals surface area (Å²) in [5.41, 5.74) is -1.96. The Morgan fingerprint density at radius 2 is 2.17 bits per heavy atom. The highest BCUT2D eigenvalue weighted by Crippen LogP contribution is 2.18. The van der Waals surface area contributed by atoms with Crippen molar-refractivity contribution in [1.82, 2.24) is 10.2 Å². The Bertz CT molecular complexity index is 331. The first-order valence-electron chi connectivity index (χ1n) is 5.83. The lowest BCUT2D eigenvalue weighted by molar-refractivity contribution is -0.155. The van der Waals surface area contributed by atoms with Crippen LogP contribution in [0.15, 0.2) is 0 Å². The standard InChI is InChI=1S/C11H20N2O5/c1-7-8(4-5-18-7)13(3)10(16)12-6-11(2,17)9(14)15/h7-8,17H,4-6H2,1-3H3,(H,12,16)(H,14,15). The van der Waals surface area contributed by atoms with Crippen molar-refractivity contribution in [1.29, 1.82) is 0 Å². The maximum Gasteiger partial charge on any atom is 0.337 e. The lowest BCUT2D eigenvalue weighted by atomic mass is 10.1. The minimum absolute atomic E-state index is 0.0280. The number of amides is 2. The molecule has 1 aliphatic heterocycles. The van der Waals surface area contributed by atoms with Gasteiger partial charge >= 0.3 is 12.0 Å². The number of carbonyl (C=O) groups excluding carboxylic acids is 1. The molecule has 0 aromatic rings. The van der Waals surface area contributed by atoms with E-state index in [9.17, 15) is 14.7 Å². The van der Waals surface area contributed by atoms with E-state index in [-0.39, 0.29) is 18.7 Å². The molecule has 7 heteroatoms. The number of rotatable bonds is 4. The van der Waals surface area contributed by atoms with Crippen molar-refractivity contribution in [3.8, 4) is 0 Å². The van der Waals surface area contributed by atoms with Gasteiger partial charge in [0.05, 0.1) is 18.7 Å². The Hall–Kier alpha value is -1.34. The SMILES string of the molecule is CC1OCCC1N(C)C(=O)NCC(C)(O)C(=O)O. The van der Waals surface area contributed by atoms with Gasteiger partial charge in [0.15, 0.2) is 5.60 Å². The van der Waals surface area contributed by atoms with Gasteiger partial charge in [-0.2, -0.15) is 0 Å². The van der Waals surface area contributed by atoms with E-state index in [1.54, 1.807) is 7.05 Å². The van der Waals surface area contributed by atoms with Crippen LogP contribution in [-0.2, 0) is 9.53 Å². The third-order valence-electron chi connectivity index (χ3n) is 3.20. The second kappa shape index (κ2) is 5.53. The van der Waals surface area contributed by atoms with E-state index in [2.05, 4.69) is 5.32 Å². The van der Waals surface area contributed by atoms with Crippen LogP contribution in [0.2, 0.25) is 0 Å². The van der Waals surface area contributed by atoms with Crippen molar-refractivity contribution in [2.45, 2.75) is 38.0 Å². The Balaban J connectivity index is 2.48. The van der Waals surface area contributed by atoms with Gasteiger partial charge in [-0.3, -0.25) is 0 Å². The second-order valence-corrected chi connectivity index (χ2v) is 4.78. The number of nitrogens with one attached hydrogen (secondary N) is 1. The summed E-state index contributed by atoms with van der Waals surface area (Å²) in [7, 11) is 1.63. The van der Waals surface area contributed by atoms with Gasteiger partial charge in [-0.1, -0.05) is 0 Å². The number of hydrogen-bond acceptors (Lipinski definition) is 4. The molecule has 1 heterocycles. The van der Waals surface area contributed by atoms with Crippen molar-refractivity contribution >= 4 is 12.0 Å². The summed E-state index contributed by atoms with van der Waals surface area (Å²) in [6, 6.07) is -0.446. The predicted octanol–water partition coefficient (Wildman–Crippen LogP) is -0.359. The minimum atomic E-state index is -1.96. The van der Waals surface area contributed by atoms with Crippen LogP contribution < -0.4 is 5.32 Å². The molecule has 1 aliphatic rings. The zero-order chi connectivity index (χ0) is 13.9. The molecule has 3 N–H and O–H groups in total. The van der Waals surface area contributed by atoms with Crippen LogP contribution in [0.3, 0.4) is 0 Å². The Labute approximate surface area is 106 Å². The highest BCUT2D eigenvalue weighted by Gasteiger charge is 2.33. The van der Waals surface area contributed by atoms with Crippen molar-refractivity contribution in [2.75, 3.05) is 20.2 Å². The summed E-state index contributed by atoms with van der Waals surface area (Å²) in [4.78, 5) is 24.0. The first-order valence-corrected chi connectivity index (χ1v) is 5.83. The molecule has 1 fully saturated rings. The molecule has 0 aromatic heterocycles. The number of urea groups is 1. The molecule has 0 radical (unpaired) electrons. The van der Waals surface area contributed by atoms with Crippen LogP contribution >= 0.6 is 0 Å². The first-order chi connectivity index (χ1) is 8.25. The molecule has 1 saturated heterocycles. The lowest BCUT2D eigenvalue weighted by Gasteiger charge is -2.28. The summed E-state index contributed by atoms with van der Waals surface area (Å²) in [6.45, 7) is 3.29.